The van der Waals surface area contributed by atoms with E-state index in [1.165, 1.54) is 28.4 Å². The number of rotatable bonds is 10. The maximum atomic E-state index is 13.6. The standard InChI is InChI=1S/C26H34N10O5S/c1-6-35-7-9-36(10-8-35)42(38,39)18-13-19(25(27-16-18)41-12-11-40-5)23-30-20-21(24(37)31-23)32-34(4)22(20)17-14-28-26(29-15-17)33(2)3/h13-16H,6-12H2,1-5H3,(H,30,31,37). The van der Waals surface area contributed by atoms with E-state index >= 15 is 0 Å². The normalized spacial score (nSPS) is 14.9. The molecule has 0 saturated carbocycles. The van der Waals surface area contributed by atoms with Gasteiger partial charge in [-0.15, -0.1) is 0 Å². The third kappa shape index (κ3) is 5.70. The number of methoxy groups -OCH3 is 1. The Morgan fingerprint density at radius 1 is 1.02 bits per heavy atom. The molecule has 42 heavy (non-hydrogen) atoms. The number of ether oxygens (including phenoxy) is 2. The van der Waals surface area contributed by atoms with E-state index in [0.29, 0.717) is 48.9 Å². The fourth-order valence-electron chi connectivity index (χ4n) is 4.72. The number of H-pyrrole nitrogens is 1. The van der Waals surface area contributed by atoms with Crippen molar-refractivity contribution in [3.05, 3.63) is 35.0 Å². The molecule has 16 heteroatoms. The largest absolute Gasteiger partial charge is 0.475 e. The van der Waals surface area contributed by atoms with Gasteiger partial charge in [0.25, 0.3) is 5.56 Å². The van der Waals surface area contributed by atoms with Crippen LogP contribution in [0.25, 0.3) is 33.7 Å². The molecule has 0 aromatic carbocycles. The van der Waals surface area contributed by atoms with Crippen LogP contribution in [0.5, 0.6) is 5.88 Å². The number of hydrogen-bond acceptors (Lipinski definition) is 12. The fourth-order valence-corrected chi connectivity index (χ4v) is 6.11. The summed E-state index contributed by atoms with van der Waals surface area (Å²) in [5.41, 5.74) is 1.24. The molecule has 0 bridgehead atoms. The maximum Gasteiger partial charge on any atom is 0.279 e. The molecule has 1 aliphatic rings. The van der Waals surface area contributed by atoms with Crippen LogP contribution in [0.3, 0.4) is 0 Å². The lowest BCUT2D eigenvalue weighted by atomic mass is 10.2. The number of piperazine rings is 1. The van der Waals surface area contributed by atoms with Crippen molar-refractivity contribution in [2.75, 3.05) is 72.0 Å². The lowest BCUT2D eigenvalue weighted by molar-refractivity contribution is 0.144. The van der Waals surface area contributed by atoms with Crippen molar-refractivity contribution >= 4 is 27.0 Å². The zero-order valence-corrected chi connectivity index (χ0v) is 25.1. The number of fused-ring (bicyclic) bond motifs is 1. The van der Waals surface area contributed by atoms with Gasteiger partial charge in [-0.25, -0.2) is 28.4 Å². The Labute approximate surface area is 243 Å². The third-order valence-corrected chi connectivity index (χ3v) is 8.89. The number of aromatic nitrogens is 7. The summed E-state index contributed by atoms with van der Waals surface area (Å²) in [6, 6.07) is 1.44. The first-order valence-corrected chi connectivity index (χ1v) is 14.9. The highest BCUT2D eigenvalue weighted by Crippen LogP contribution is 2.32. The molecule has 4 aromatic heterocycles. The van der Waals surface area contributed by atoms with Gasteiger partial charge in [0.05, 0.1) is 24.1 Å². The van der Waals surface area contributed by atoms with E-state index in [1.807, 2.05) is 21.0 Å². The lowest BCUT2D eigenvalue weighted by Gasteiger charge is -2.33. The smallest absolute Gasteiger partial charge is 0.279 e. The summed E-state index contributed by atoms with van der Waals surface area (Å²) in [7, 11) is 3.04. The second-order valence-corrected chi connectivity index (χ2v) is 11.9. The Kier molecular flexibility index (Phi) is 8.49. The minimum absolute atomic E-state index is 0.0247. The Balaban J connectivity index is 1.62. The summed E-state index contributed by atoms with van der Waals surface area (Å²) in [5.74, 6) is 0.712. The van der Waals surface area contributed by atoms with E-state index in [2.05, 4.69) is 29.9 Å². The summed E-state index contributed by atoms with van der Waals surface area (Å²) in [5, 5.41) is 4.37. The first-order chi connectivity index (χ1) is 20.1. The van der Waals surface area contributed by atoms with E-state index in [1.54, 1.807) is 24.3 Å². The van der Waals surface area contributed by atoms with Crippen molar-refractivity contribution in [2.24, 2.45) is 7.05 Å². The van der Waals surface area contributed by atoms with Crippen molar-refractivity contribution in [2.45, 2.75) is 11.8 Å². The van der Waals surface area contributed by atoms with Gasteiger partial charge in [0, 0.05) is 72.4 Å². The number of sulfonamides is 1. The van der Waals surface area contributed by atoms with Gasteiger partial charge in [-0.1, -0.05) is 6.92 Å². The molecular weight excluding hydrogens is 564 g/mol. The molecule has 0 radical (unpaired) electrons. The number of nitrogens with one attached hydrogen (secondary N) is 1. The second-order valence-electron chi connectivity index (χ2n) is 9.95. The van der Waals surface area contributed by atoms with Gasteiger partial charge in [0.2, 0.25) is 21.9 Å². The minimum Gasteiger partial charge on any atom is -0.475 e. The topological polar surface area (TPSA) is 165 Å². The Hall–Kier alpha value is -3.99. The molecule has 15 nitrogen and oxygen atoms in total. The molecular formula is C26H34N10O5S. The van der Waals surface area contributed by atoms with Gasteiger partial charge in [-0.3, -0.25) is 9.48 Å². The van der Waals surface area contributed by atoms with Crippen LogP contribution in [0, 0.1) is 0 Å². The number of nitrogens with zero attached hydrogens (tertiary/aromatic N) is 9. The average molecular weight is 599 g/mol. The Bertz CT molecular complexity index is 1730. The summed E-state index contributed by atoms with van der Waals surface area (Å²) in [6.07, 6.45) is 4.53. The first-order valence-electron chi connectivity index (χ1n) is 13.5. The number of aromatic amines is 1. The van der Waals surface area contributed by atoms with Crippen molar-refractivity contribution in [3.8, 4) is 28.5 Å². The highest BCUT2D eigenvalue weighted by molar-refractivity contribution is 7.89. The highest BCUT2D eigenvalue weighted by Gasteiger charge is 2.30. The predicted octanol–water partition coefficient (Wildman–Crippen LogP) is 0.593. The number of anilines is 1. The quantitative estimate of drug-likeness (QED) is 0.253. The number of pyridine rings is 1. The molecule has 0 spiro atoms. The van der Waals surface area contributed by atoms with E-state index in [-0.39, 0.29) is 40.9 Å². The average Bonchev–Trinajstić information content (AvgIpc) is 3.33. The summed E-state index contributed by atoms with van der Waals surface area (Å²) in [6.45, 7) is 5.36. The third-order valence-electron chi connectivity index (χ3n) is 7.03. The molecule has 1 saturated heterocycles. The minimum atomic E-state index is -3.87. The van der Waals surface area contributed by atoms with Crippen LogP contribution in [0.2, 0.25) is 0 Å². The van der Waals surface area contributed by atoms with Gasteiger partial charge in [-0.2, -0.15) is 9.40 Å². The van der Waals surface area contributed by atoms with Crippen LogP contribution in [-0.4, -0.2) is 119 Å². The van der Waals surface area contributed by atoms with Crippen LogP contribution < -0.4 is 15.2 Å². The van der Waals surface area contributed by atoms with E-state index in [0.717, 1.165) is 6.54 Å². The van der Waals surface area contributed by atoms with Crippen LogP contribution in [0.15, 0.2) is 34.3 Å². The summed E-state index contributed by atoms with van der Waals surface area (Å²) >= 11 is 0. The zero-order valence-electron chi connectivity index (χ0n) is 24.2. The van der Waals surface area contributed by atoms with E-state index in [9.17, 15) is 13.2 Å². The predicted molar refractivity (Wildman–Crippen MR) is 156 cm³/mol. The van der Waals surface area contributed by atoms with Crippen molar-refractivity contribution in [1.29, 1.82) is 0 Å². The van der Waals surface area contributed by atoms with Gasteiger partial charge >= 0.3 is 0 Å². The Morgan fingerprint density at radius 3 is 2.38 bits per heavy atom. The van der Waals surface area contributed by atoms with E-state index < -0.39 is 15.6 Å². The van der Waals surface area contributed by atoms with Crippen LogP contribution in [0.4, 0.5) is 5.95 Å². The van der Waals surface area contributed by atoms with Crippen LogP contribution in [0.1, 0.15) is 6.92 Å². The van der Waals surface area contributed by atoms with E-state index in [4.69, 9.17) is 14.5 Å². The molecule has 1 aliphatic heterocycles. The SMILES string of the molecule is CCN1CCN(S(=O)(=O)c2cnc(OCCOC)c(-c3nc4c(-c5cnc(N(C)C)nc5)n(C)nc4c(=O)[nH]3)c2)CC1. The molecule has 1 N–H and O–H groups in total. The number of aryl methyl sites for hydroxylation is 1. The fraction of sp³-hybridized carbons (Fsp3) is 0.462. The van der Waals surface area contributed by atoms with Gasteiger partial charge in [0.15, 0.2) is 5.52 Å². The second kappa shape index (κ2) is 12.1. The number of likely N-dealkylation sites (N-methyl/N-ethyl adjacent to an activating group) is 1. The molecule has 1 fully saturated rings. The molecule has 5 rings (SSSR count). The van der Waals surface area contributed by atoms with Crippen molar-refractivity contribution in [1.82, 2.24) is 43.9 Å². The molecule has 5 heterocycles. The van der Waals surface area contributed by atoms with Crippen molar-refractivity contribution < 1.29 is 17.9 Å². The van der Waals surface area contributed by atoms with Gasteiger partial charge in [0.1, 0.15) is 22.8 Å². The first kappa shape index (κ1) is 29.5. The van der Waals surface area contributed by atoms with Gasteiger partial charge < -0.3 is 24.3 Å². The van der Waals surface area contributed by atoms with Crippen molar-refractivity contribution in [3.63, 3.8) is 0 Å². The van der Waals surface area contributed by atoms with Crippen LogP contribution in [-0.2, 0) is 21.8 Å². The molecule has 0 amide bonds. The highest BCUT2D eigenvalue weighted by atomic mass is 32.2. The molecule has 224 valence electrons. The molecule has 0 unspecified atom stereocenters. The zero-order chi connectivity index (χ0) is 30.0. The maximum absolute atomic E-state index is 13.6. The summed E-state index contributed by atoms with van der Waals surface area (Å²) < 4.78 is 41.1. The number of hydrogen-bond donors (Lipinski definition) is 1. The lowest BCUT2D eigenvalue weighted by Crippen LogP contribution is -2.48. The van der Waals surface area contributed by atoms with Gasteiger partial charge in [-0.05, 0) is 12.6 Å². The summed E-state index contributed by atoms with van der Waals surface area (Å²) in [4.78, 5) is 37.8. The molecule has 0 aliphatic carbocycles. The monoisotopic (exact) mass is 598 g/mol. The van der Waals surface area contributed by atoms with Crippen LogP contribution >= 0.6 is 0 Å². The Morgan fingerprint density at radius 2 is 1.74 bits per heavy atom. The molecule has 0 atom stereocenters. The molecule has 4 aromatic rings.